The van der Waals surface area contributed by atoms with Crippen molar-refractivity contribution in [1.29, 1.82) is 0 Å². The molecule has 0 N–H and O–H groups in total. The van der Waals surface area contributed by atoms with Gasteiger partial charge in [-0.15, -0.1) is 0 Å². The summed E-state index contributed by atoms with van der Waals surface area (Å²) in [6.07, 6.45) is -5.44. The van der Waals surface area contributed by atoms with Crippen molar-refractivity contribution >= 4 is 5.91 Å². The highest BCUT2D eigenvalue weighted by Gasteiger charge is 2.28. The van der Waals surface area contributed by atoms with E-state index in [1.54, 1.807) is 6.92 Å². The number of hydrogen-bond acceptors (Lipinski definition) is 1. The van der Waals surface area contributed by atoms with Gasteiger partial charge >= 0.3 is 6.18 Å². The zero-order valence-corrected chi connectivity index (χ0v) is 10.0. The van der Waals surface area contributed by atoms with Crippen LogP contribution in [0, 0.1) is 12.7 Å². The monoisotopic (exact) mass is 263 g/mol. The van der Waals surface area contributed by atoms with Gasteiger partial charge in [0.1, 0.15) is 5.82 Å². The first-order valence-corrected chi connectivity index (χ1v) is 5.29. The number of carbonyl (C=O) groups is 1. The zero-order valence-electron chi connectivity index (χ0n) is 10.0. The Bertz CT molecular complexity index is 442. The van der Waals surface area contributed by atoms with Gasteiger partial charge in [-0.3, -0.25) is 4.79 Å². The van der Waals surface area contributed by atoms with Crippen molar-refractivity contribution in [3.05, 3.63) is 35.1 Å². The van der Waals surface area contributed by atoms with Gasteiger partial charge in [-0.25, -0.2) is 4.39 Å². The Morgan fingerprint density at radius 1 is 1.33 bits per heavy atom. The molecule has 0 radical (unpaired) electrons. The molecule has 1 rings (SSSR count). The summed E-state index contributed by atoms with van der Waals surface area (Å²) in [7, 11) is 1.22. The van der Waals surface area contributed by atoms with Crippen molar-refractivity contribution in [3.63, 3.8) is 0 Å². The largest absolute Gasteiger partial charge is 0.390 e. The second kappa shape index (κ2) is 5.37. The fraction of sp³-hybridized carbons (Fsp3) is 0.417. The average molecular weight is 263 g/mol. The fourth-order valence-corrected chi connectivity index (χ4v) is 1.40. The first kappa shape index (κ1) is 14.5. The molecule has 0 atom stereocenters. The summed E-state index contributed by atoms with van der Waals surface area (Å²) in [5.41, 5.74) is 0.462. The Morgan fingerprint density at radius 3 is 2.50 bits per heavy atom. The molecule has 0 fully saturated rings. The molecule has 1 aromatic carbocycles. The second-order valence-electron chi connectivity index (χ2n) is 4.08. The third-order valence-electron chi connectivity index (χ3n) is 2.43. The average Bonchev–Trinajstić information content (AvgIpc) is 2.27. The van der Waals surface area contributed by atoms with Gasteiger partial charge in [-0.2, -0.15) is 13.2 Å². The van der Waals surface area contributed by atoms with Crippen LogP contribution in [0.4, 0.5) is 17.6 Å². The molecule has 0 unspecified atom stereocenters. The molecule has 18 heavy (non-hydrogen) atoms. The molecule has 1 amide bonds. The maximum absolute atomic E-state index is 13.4. The highest BCUT2D eigenvalue weighted by Crippen LogP contribution is 2.20. The number of rotatable bonds is 3. The van der Waals surface area contributed by atoms with E-state index in [9.17, 15) is 22.4 Å². The number of carbonyl (C=O) groups excluding carboxylic acids is 1. The molecule has 0 aliphatic heterocycles. The Kier molecular flexibility index (Phi) is 4.32. The van der Waals surface area contributed by atoms with Crippen LogP contribution < -0.4 is 0 Å². The Labute approximate surface area is 102 Å². The third kappa shape index (κ3) is 4.01. The fourth-order valence-electron chi connectivity index (χ4n) is 1.40. The maximum atomic E-state index is 13.4. The predicted octanol–water partition coefficient (Wildman–Crippen LogP) is 3.16. The molecule has 0 bridgehead atoms. The molecule has 0 aromatic heterocycles. The second-order valence-corrected chi connectivity index (χ2v) is 4.08. The number of halogens is 4. The van der Waals surface area contributed by atoms with Crippen LogP contribution in [0.3, 0.4) is 0 Å². The summed E-state index contributed by atoms with van der Waals surface area (Å²) in [5, 5.41) is 0. The lowest BCUT2D eigenvalue weighted by Crippen LogP contribution is -2.31. The molecule has 0 saturated carbocycles. The van der Waals surface area contributed by atoms with Crippen LogP contribution in [0.25, 0.3) is 0 Å². The van der Waals surface area contributed by atoms with Crippen molar-refractivity contribution < 1.29 is 22.4 Å². The van der Waals surface area contributed by atoms with Crippen molar-refractivity contribution in [3.8, 4) is 0 Å². The highest BCUT2D eigenvalue weighted by atomic mass is 19.4. The van der Waals surface area contributed by atoms with Gasteiger partial charge in [0.2, 0.25) is 0 Å². The van der Waals surface area contributed by atoms with E-state index < -0.39 is 30.9 Å². The van der Waals surface area contributed by atoms with E-state index in [4.69, 9.17) is 0 Å². The standard InChI is InChI=1S/C12H13F4NO/c1-8-3-4-10(13)9(7-8)11(18)17(2)6-5-12(14,15)16/h3-4,7H,5-6H2,1-2H3. The molecule has 0 saturated heterocycles. The maximum Gasteiger partial charge on any atom is 0.390 e. The quantitative estimate of drug-likeness (QED) is 0.767. The van der Waals surface area contributed by atoms with Gasteiger partial charge in [-0.05, 0) is 19.1 Å². The number of benzene rings is 1. The van der Waals surface area contributed by atoms with Crippen molar-refractivity contribution in [2.24, 2.45) is 0 Å². The van der Waals surface area contributed by atoms with Crippen LogP contribution in [-0.4, -0.2) is 30.6 Å². The van der Waals surface area contributed by atoms with E-state index in [1.165, 1.54) is 19.2 Å². The summed E-state index contributed by atoms with van der Waals surface area (Å²) in [6, 6.07) is 3.93. The minimum absolute atomic E-state index is 0.209. The molecule has 0 aliphatic rings. The minimum Gasteiger partial charge on any atom is -0.341 e. The van der Waals surface area contributed by atoms with Crippen LogP contribution >= 0.6 is 0 Å². The first-order valence-electron chi connectivity index (χ1n) is 5.29. The number of aryl methyl sites for hydroxylation is 1. The Hall–Kier alpha value is -1.59. The molecule has 2 nitrogen and oxygen atoms in total. The van der Waals surface area contributed by atoms with E-state index in [0.29, 0.717) is 5.56 Å². The lowest BCUT2D eigenvalue weighted by molar-refractivity contribution is -0.136. The van der Waals surface area contributed by atoms with Crippen molar-refractivity contribution in [2.45, 2.75) is 19.5 Å². The van der Waals surface area contributed by atoms with E-state index in [-0.39, 0.29) is 5.56 Å². The summed E-state index contributed by atoms with van der Waals surface area (Å²) in [5.74, 6) is -1.48. The number of hydrogen-bond donors (Lipinski definition) is 0. The number of nitrogens with zero attached hydrogens (tertiary/aromatic N) is 1. The highest BCUT2D eigenvalue weighted by molar-refractivity contribution is 5.94. The van der Waals surface area contributed by atoms with Crippen LogP contribution in [-0.2, 0) is 0 Å². The Balaban J connectivity index is 2.77. The van der Waals surface area contributed by atoms with E-state index >= 15 is 0 Å². The van der Waals surface area contributed by atoms with Crippen LogP contribution in [0.1, 0.15) is 22.3 Å². The lowest BCUT2D eigenvalue weighted by atomic mass is 10.1. The van der Waals surface area contributed by atoms with E-state index in [2.05, 4.69) is 0 Å². The van der Waals surface area contributed by atoms with Crippen molar-refractivity contribution in [2.75, 3.05) is 13.6 Å². The molecule has 0 spiro atoms. The molecule has 0 heterocycles. The molecule has 0 aliphatic carbocycles. The van der Waals surface area contributed by atoms with Gasteiger partial charge in [0.15, 0.2) is 0 Å². The van der Waals surface area contributed by atoms with E-state index in [1.807, 2.05) is 0 Å². The molecular weight excluding hydrogens is 250 g/mol. The molecule has 6 heteroatoms. The van der Waals surface area contributed by atoms with Gasteiger partial charge in [0.25, 0.3) is 5.91 Å². The lowest BCUT2D eigenvalue weighted by Gasteiger charge is -2.18. The SMILES string of the molecule is Cc1ccc(F)c(C(=O)N(C)CCC(F)(F)F)c1. The van der Waals surface area contributed by atoms with Crippen LogP contribution in [0.2, 0.25) is 0 Å². The summed E-state index contributed by atoms with van der Waals surface area (Å²) < 4.78 is 49.4. The van der Waals surface area contributed by atoms with E-state index in [0.717, 1.165) is 11.0 Å². The molecule has 1 aromatic rings. The summed E-state index contributed by atoms with van der Waals surface area (Å²) in [6.45, 7) is 1.18. The third-order valence-corrected chi connectivity index (χ3v) is 2.43. The first-order chi connectivity index (χ1) is 8.20. The van der Waals surface area contributed by atoms with Gasteiger partial charge in [-0.1, -0.05) is 11.6 Å². The van der Waals surface area contributed by atoms with Crippen molar-refractivity contribution in [1.82, 2.24) is 4.90 Å². The topological polar surface area (TPSA) is 20.3 Å². The molecular formula is C12H13F4NO. The molecule has 100 valence electrons. The number of alkyl halides is 3. The summed E-state index contributed by atoms with van der Waals surface area (Å²) >= 11 is 0. The smallest absolute Gasteiger partial charge is 0.341 e. The summed E-state index contributed by atoms with van der Waals surface area (Å²) in [4.78, 5) is 12.6. The van der Waals surface area contributed by atoms with Crippen LogP contribution in [0.5, 0.6) is 0 Å². The van der Waals surface area contributed by atoms with Gasteiger partial charge < -0.3 is 4.90 Å². The normalized spacial score (nSPS) is 11.4. The number of amides is 1. The minimum atomic E-state index is -4.33. The zero-order chi connectivity index (χ0) is 13.9. The predicted molar refractivity (Wildman–Crippen MR) is 58.8 cm³/mol. The van der Waals surface area contributed by atoms with Gasteiger partial charge in [0, 0.05) is 13.6 Å². The Morgan fingerprint density at radius 2 is 1.94 bits per heavy atom. The van der Waals surface area contributed by atoms with Crippen LogP contribution in [0.15, 0.2) is 18.2 Å². The van der Waals surface area contributed by atoms with Gasteiger partial charge in [0.05, 0.1) is 12.0 Å².